The number of hydrogen-bond acceptors (Lipinski definition) is 3. The Morgan fingerprint density at radius 2 is 2.09 bits per heavy atom. The lowest BCUT2D eigenvalue weighted by Gasteiger charge is -2.49. The number of likely N-dealkylation sites (N-methyl/N-ethyl adjacent to an activating group) is 1. The Kier molecular flexibility index (Phi) is 5.34. The number of hydrogen-bond donors (Lipinski definition) is 1. The van der Waals surface area contributed by atoms with Crippen LogP contribution in [0.4, 0.5) is 0 Å². The van der Waals surface area contributed by atoms with Crippen LogP contribution < -0.4 is 5.32 Å². The van der Waals surface area contributed by atoms with Crippen LogP contribution in [0.5, 0.6) is 0 Å². The minimum atomic E-state index is 0.0419. The zero-order valence-electron chi connectivity index (χ0n) is 14.1. The normalized spacial score (nSPS) is 23.3. The third kappa shape index (κ3) is 3.93. The van der Waals surface area contributed by atoms with Gasteiger partial charge in [-0.25, -0.2) is 0 Å². The minimum absolute atomic E-state index is 0.0419. The molecule has 0 aromatic heterocycles. The van der Waals surface area contributed by atoms with Crippen molar-refractivity contribution in [3.05, 3.63) is 35.9 Å². The van der Waals surface area contributed by atoms with E-state index in [1.807, 2.05) is 0 Å². The summed E-state index contributed by atoms with van der Waals surface area (Å²) in [6, 6.07) is 10.6. The van der Waals surface area contributed by atoms with Crippen molar-refractivity contribution < 1.29 is 9.53 Å². The molecule has 1 N–H and O–H groups in total. The average Bonchev–Trinajstić information content (AvgIpc) is 2.55. The summed E-state index contributed by atoms with van der Waals surface area (Å²) in [5.41, 5.74) is 1.45. The summed E-state index contributed by atoms with van der Waals surface area (Å²) in [6.45, 7) is 3.07. The lowest BCUT2D eigenvalue weighted by Crippen LogP contribution is -2.58. The molecule has 1 aromatic carbocycles. The molecule has 0 unspecified atom stereocenters. The number of carbonyl (C=O) groups excluding carboxylic acids is 1. The maximum absolute atomic E-state index is 12.4. The predicted molar refractivity (Wildman–Crippen MR) is 91.0 cm³/mol. The maximum atomic E-state index is 12.4. The fourth-order valence-corrected chi connectivity index (χ4v) is 3.65. The van der Waals surface area contributed by atoms with Gasteiger partial charge in [0.15, 0.2) is 0 Å². The molecule has 0 radical (unpaired) electrons. The van der Waals surface area contributed by atoms with E-state index in [9.17, 15) is 4.79 Å². The van der Waals surface area contributed by atoms with Crippen LogP contribution >= 0.6 is 0 Å². The third-order valence-corrected chi connectivity index (χ3v) is 5.48. The van der Waals surface area contributed by atoms with Crippen LogP contribution in [-0.2, 0) is 16.1 Å². The number of nitrogens with zero attached hydrogens (tertiary/aromatic N) is 1. The van der Waals surface area contributed by atoms with E-state index in [4.69, 9.17) is 4.74 Å². The minimum Gasteiger partial charge on any atom is -0.381 e. The highest BCUT2D eigenvalue weighted by atomic mass is 16.5. The first kappa shape index (κ1) is 16.5. The molecule has 4 nitrogen and oxygen atoms in total. The second kappa shape index (κ2) is 7.45. The Labute approximate surface area is 139 Å². The van der Waals surface area contributed by atoms with Crippen molar-refractivity contribution in [2.45, 2.75) is 44.2 Å². The lowest BCUT2D eigenvalue weighted by atomic mass is 9.75. The van der Waals surface area contributed by atoms with Gasteiger partial charge in [-0.05, 0) is 44.7 Å². The number of nitrogens with one attached hydrogen (secondary N) is 1. The molecule has 1 saturated carbocycles. The molecule has 1 aliphatic carbocycles. The van der Waals surface area contributed by atoms with Gasteiger partial charge < -0.3 is 10.1 Å². The van der Waals surface area contributed by atoms with E-state index in [1.165, 1.54) is 12.0 Å². The van der Waals surface area contributed by atoms with Crippen LogP contribution in [-0.4, -0.2) is 43.2 Å². The van der Waals surface area contributed by atoms with Crippen molar-refractivity contribution in [2.75, 3.05) is 26.8 Å². The highest BCUT2D eigenvalue weighted by Crippen LogP contribution is 2.37. The monoisotopic (exact) mass is 316 g/mol. The van der Waals surface area contributed by atoms with Crippen LogP contribution in [0.15, 0.2) is 30.3 Å². The Morgan fingerprint density at radius 3 is 2.70 bits per heavy atom. The van der Waals surface area contributed by atoms with Gasteiger partial charge in [0.1, 0.15) is 0 Å². The summed E-state index contributed by atoms with van der Waals surface area (Å²) in [5.74, 6) is 0.212. The van der Waals surface area contributed by atoms with E-state index < -0.39 is 0 Å². The van der Waals surface area contributed by atoms with Crippen LogP contribution in [0.1, 0.15) is 37.7 Å². The molecule has 1 aromatic rings. The average molecular weight is 316 g/mol. The highest BCUT2D eigenvalue weighted by Gasteiger charge is 2.41. The molecule has 3 rings (SSSR count). The summed E-state index contributed by atoms with van der Waals surface area (Å²) in [5, 5.41) is 3.20. The van der Waals surface area contributed by atoms with Crippen molar-refractivity contribution in [3.63, 3.8) is 0 Å². The highest BCUT2D eigenvalue weighted by molar-refractivity contribution is 5.78. The van der Waals surface area contributed by atoms with E-state index in [2.05, 4.69) is 47.6 Å². The number of rotatable bonds is 6. The van der Waals surface area contributed by atoms with Crippen molar-refractivity contribution in [3.8, 4) is 0 Å². The summed E-state index contributed by atoms with van der Waals surface area (Å²) >= 11 is 0. The molecule has 0 spiro atoms. The van der Waals surface area contributed by atoms with E-state index in [0.717, 1.165) is 45.4 Å². The Hall–Kier alpha value is -1.39. The summed E-state index contributed by atoms with van der Waals surface area (Å²) in [4.78, 5) is 14.8. The largest absolute Gasteiger partial charge is 0.381 e. The molecule has 126 valence electrons. The second-order valence-corrected chi connectivity index (χ2v) is 7.05. The molecule has 1 aliphatic heterocycles. The van der Waals surface area contributed by atoms with Crippen molar-refractivity contribution >= 4 is 5.91 Å². The first-order chi connectivity index (χ1) is 11.2. The van der Waals surface area contributed by atoms with E-state index in [1.54, 1.807) is 0 Å². The second-order valence-electron chi connectivity index (χ2n) is 7.05. The Morgan fingerprint density at radius 1 is 1.30 bits per heavy atom. The zero-order chi connectivity index (χ0) is 16.1. The topological polar surface area (TPSA) is 41.6 Å². The van der Waals surface area contributed by atoms with Gasteiger partial charge in [-0.1, -0.05) is 30.3 Å². The molecule has 2 aliphatic rings. The quantitative estimate of drug-likeness (QED) is 0.877. The van der Waals surface area contributed by atoms with E-state index in [0.29, 0.717) is 6.61 Å². The van der Waals surface area contributed by atoms with Gasteiger partial charge in [0.2, 0.25) is 5.91 Å². The van der Waals surface area contributed by atoms with Gasteiger partial charge in [-0.3, -0.25) is 9.69 Å². The van der Waals surface area contributed by atoms with Gasteiger partial charge in [-0.2, -0.15) is 0 Å². The number of carbonyl (C=O) groups is 1. The van der Waals surface area contributed by atoms with Crippen LogP contribution in [0.3, 0.4) is 0 Å². The third-order valence-electron chi connectivity index (χ3n) is 5.48. The first-order valence-electron chi connectivity index (χ1n) is 8.80. The molecule has 2 fully saturated rings. The summed E-state index contributed by atoms with van der Waals surface area (Å²) in [7, 11) is 2.18. The Bertz CT molecular complexity index is 507. The standard InChI is InChI=1S/C19H28N2O2/c1-21(13-16-7-3-2-4-8-16)19(10-6-11-19)15-20-18(22)17-9-5-12-23-14-17/h2-4,7-8,17H,5-6,9-15H2,1H3,(H,20,22)/t17-/m0/s1. The van der Waals surface area contributed by atoms with E-state index >= 15 is 0 Å². The number of amides is 1. The molecule has 1 amide bonds. The van der Waals surface area contributed by atoms with Gasteiger partial charge >= 0.3 is 0 Å². The predicted octanol–water partition coefficient (Wildman–Crippen LogP) is 2.58. The molecule has 0 bridgehead atoms. The lowest BCUT2D eigenvalue weighted by molar-refractivity contribution is -0.130. The van der Waals surface area contributed by atoms with Crippen molar-refractivity contribution in [1.82, 2.24) is 10.2 Å². The molecule has 23 heavy (non-hydrogen) atoms. The zero-order valence-corrected chi connectivity index (χ0v) is 14.1. The Balaban J connectivity index is 1.54. The van der Waals surface area contributed by atoms with Gasteiger partial charge in [0.25, 0.3) is 0 Å². The van der Waals surface area contributed by atoms with Crippen molar-refractivity contribution in [2.24, 2.45) is 5.92 Å². The molecule has 1 atom stereocenters. The maximum Gasteiger partial charge on any atom is 0.225 e. The number of benzene rings is 1. The SMILES string of the molecule is CN(Cc1ccccc1)C1(CNC(=O)[C@H]2CCCOC2)CCC1. The van der Waals surface area contributed by atoms with Crippen LogP contribution in [0.2, 0.25) is 0 Å². The smallest absolute Gasteiger partial charge is 0.225 e. The van der Waals surface area contributed by atoms with Gasteiger partial charge in [0.05, 0.1) is 12.5 Å². The summed E-state index contributed by atoms with van der Waals surface area (Å²) in [6.07, 6.45) is 5.53. The fraction of sp³-hybridized carbons (Fsp3) is 0.632. The first-order valence-corrected chi connectivity index (χ1v) is 8.80. The number of ether oxygens (including phenoxy) is 1. The molecular formula is C19H28N2O2. The molecule has 4 heteroatoms. The molecule has 1 heterocycles. The van der Waals surface area contributed by atoms with Crippen LogP contribution in [0.25, 0.3) is 0 Å². The fourth-order valence-electron chi connectivity index (χ4n) is 3.65. The van der Waals surface area contributed by atoms with Crippen molar-refractivity contribution in [1.29, 1.82) is 0 Å². The van der Waals surface area contributed by atoms with Gasteiger partial charge in [-0.15, -0.1) is 0 Å². The van der Waals surface area contributed by atoms with Crippen LogP contribution in [0, 0.1) is 5.92 Å². The summed E-state index contributed by atoms with van der Waals surface area (Å²) < 4.78 is 5.43. The molecule has 1 saturated heterocycles. The van der Waals surface area contributed by atoms with Gasteiger partial charge in [0, 0.05) is 25.2 Å². The molecular weight excluding hydrogens is 288 g/mol. The van der Waals surface area contributed by atoms with E-state index in [-0.39, 0.29) is 17.4 Å².